The highest BCUT2D eigenvalue weighted by Gasteiger charge is 2.32. The van der Waals surface area contributed by atoms with Crippen LogP contribution in [0.1, 0.15) is 18.5 Å². The van der Waals surface area contributed by atoms with Crippen molar-refractivity contribution in [3.63, 3.8) is 0 Å². The van der Waals surface area contributed by atoms with Crippen molar-refractivity contribution in [1.29, 1.82) is 0 Å². The SMILES string of the molecule is C=CC(=O)N1CCC[C@H]1C(=O)NCCc1cc2c(-c3cnn(C)c3)ccnc2[nH]1. The number of H-pyrrole nitrogens is 1. The molecule has 0 spiro atoms. The third kappa shape index (κ3) is 3.78. The van der Waals surface area contributed by atoms with E-state index in [1.807, 2.05) is 25.5 Å². The minimum absolute atomic E-state index is 0.108. The molecule has 0 radical (unpaired) electrons. The van der Waals surface area contributed by atoms with Gasteiger partial charge in [-0.3, -0.25) is 14.3 Å². The van der Waals surface area contributed by atoms with Gasteiger partial charge < -0.3 is 15.2 Å². The molecule has 0 unspecified atom stereocenters. The maximum absolute atomic E-state index is 12.5. The highest BCUT2D eigenvalue weighted by Crippen LogP contribution is 2.27. The number of rotatable bonds is 6. The molecule has 0 bridgehead atoms. The van der Waals surface area contributed by atoms with E-state index in [1.165, 1.54) is 6.08 Å². The van der Waals surface area contributed by atoms with Crippen molar-refractivity contribution in [2.24, 2.45) is 7.05 Å². The number of hydrogen-bond donors (Lipinski definition) is 2. The van der Waals surface area contributed by atoms with Crippen molar-refractivity contribution >= 4 is 22.8 Å². The van der Waals surface area contributed by atoms with E-state index in [-0.39, 0.29) is 11.8 Å². The smallest absolute Gasteiger partial charge is 0.246 e. The first-order valence-electron chi connectivity index (χ1n) is 9.73. The van der Waals surface area contributed by atoms with Crippen LogP contribution in [0.5, 0.6) is 0 Å². The molecular weight excluding hydrogens is 368 g/mol. The quantitative estimate of drug-likeness (QED) is 0.625. The number of aryl methyl sites for hydroxylation is 1. The monoisotopic (exact) mass is 392 g/mol. The van der Waals surface area contributed by atoms with Crippen LogP contribution < -0.4 is 5.32 Å². The Morgan fingerprint density at radius 2 is 2.31 bits per heavy atom. The molecule has 2 N–H and O–H groups in total. The lowest BCUT2D eigenvalue weighted by atomic mass is 10.1. The summed E-state index contributed by atoms with van der Waals surface area (Å²) in [6.45, 7) is 4.61. The third-order valence-electron chi connectivity index (χ3n) is 5.31. The number of likely N-dealkylation sites (tertiary alicyclic amines) is 1. The molecule has 4 rings (SSSR count). The molecule has 1 aliphatic rings. The number of hydrogen-bond acceptors (Lipinski definition) is 4. The summed E-state index contributed by atoms with van der Waals surface area (Å²) in [6.07, 6.45) is 9.02. The Morgan fingerprint density at radius 1 is 1.45 bits per heavy atom. The van der Waals surface area contributed by atoms with Crippen LogP contribution in [0.25, 0.3) is 22.2 Å². The second kappa shape index (κ2) is 7.90. The molecule has 0 saturated carbocycles. The molecule has 150 valence electrons. The van der Waals surface area contributed by atoms with Gasteiger partial charge in [0.2, 0.25) is 11.8 Å². The maximum atomic E-state index is 12.5. The summed E-state index contributed by atoms with van der Waals surface area (Å²) in [5, 5.41) is 8.23. The van der Waals surface area contributed by atoms with Gasteiger partial charge >= 0.3 is 0 Å². The fourth-order valence-corrected chi connectivity index (χ4v) is 3.89. The lowest BCUT2D eigenvalue weighted by molar-refractivity contribution is -0.135. The zero-order valence-corrected chi connectivity index (χ0v) is 16.4. The van der Waals surface area contributed by atoms with Gasteiger partial charge in [-0.1, -0.05) is 6.58 Å². The Balaban J connectivity index is 1.42. The second-order valence-electron chi connectivity index (χ2n) is 7.25. The highest BCUT2D eigenvalue weighted by molar-refractivity contribution is 5.94. The van der Waals surface area contributed by atoms with E-state index in [9.17, 15) is 9.59 Å². The topological polar surface area (TPSA) is 95.9 Å². The normalized spacial score (nSPS) is 16.3. The number of fused-ring (bicyclic) bond motifs is 1. The number of carbonyl (C=O) groups is 2. The number of amides is 2. The summed E-state index contributed by atoms with van der Waals surface area (Å²) < 4.78 is 1.77. The van der Waals surface area contributed by atoms with Gasteiger partial charge in [-0.05, 0) is 36.6 Å². The van der Waals surface area contributed by atoms with E-state index < -0.39 is 6.04 Å². The van der Waals surface area contributed by atoms with Crippen molar-refractivity contribution in [2.45, 2.75) is 25.3 Å². The van der Waals surface area contributed by atoms with Crippen LogP contribution in [0.15, 0.2) is 43.4 Å². The molecule has 2 amide bonds. The van der Waals surface area contributed by atoms with E-state index in [2.05, 4.69) is 33.0 Å². The lowest BCUT2D eigenvalue weighted by Crippen LogP contribution is -2.45. The van der Waals surface area contributed by atoms with E-state index >= 15 is 0 Å². The van der Waals surface area contributed by atoms with Crippen molar-refractivity contribution in [3.8, 4) is 11.1 Å². The first-order valence-corrected chi connectivity index (χ1v) is 9.73. The van der Waals surface area contributed by atoms with Crippen LogP contribution in [0.4, 0.5) is 0 Å². The van der Waals surface area contributed by atoms with Gasteiger partial charge in [-0.25, -0.2) is 4.98 Å². The number of pyridine rings is 1. The molecule has 3 aromatic rings. The number of nitrogens with zero attached hydrogens (tertiary/aromatic N) is 4. The molecule has 1 aliphatic heterocycles. The Bertz CT molecular complexity index is 1070. The van der Waals surface area contributed by atoms with Gasteiger partial charge in [0, 0.05) is 55.6 Å². The Labute approximate surface area is 168 Å². The average molecular weight is 392 g/mol. The van der Waals surface area contributed by atoms with Gasteiger partial charge in [0.05, 0.1) is 6.20 Å². The van der Waals surface area contributed by atoms with Crippen molar-refractivity contribution in [3.05, 3.63) is 49.1 Å². The van der Waals surface area contributed by atoms with Crippen molar-refractivity contribution in [2.75, 3.05) is 13.1 Å². The number of nitrogens with one attached hydrogen (secondary N) is 2. The van der Waals surface area contributed by atoms with Crippen LogP contribution in [-0.2, 0) is 23.1 Å². The van der Waals surface area contributed by atoms with Crippen LogP contribution in [0, 0.1) is 0 Å². The lowest BCUT2D eigenvalue weighted by Gasteiger charge is -2.22. The van der Waals surface area contributed by atoms with Gasteiger partial charge in [-0.15, -0.1) is 0 Å². The van der Waals surface area contributed by atoms with E-state index in [1.54, 1.807) is 15.8 Å². The fraction of sp³-hybridized carbons (Fsp3) is 0.333. The van der Waals surface area contributed by atoms with Gasteiger partial charge in [0.25, 0.3) is 0 Å². The molecule has 8 heteroatoms. The molecule has 1 fully saturated rings. The minimum Gasteiger partial charge on any atom is -0.354 e. The number of aromatic nitrogens is 4. The van der Waals surface area contributed by atoms with Crippen LogP contribution in [-0.4, -0.2) is 55.6 Å². The first-order chi connectivity index (χ1) is 14.1. The summed E-state index contributed by atoms with van der Waals surface area (Å²) in [5.41, 5.74) is 3.91. The Kier molecular flexibility index (Phi) is 5.16. The molecule has 4 heterocycles. The fourth-order valence-electron chi connectivity index (χ4n) is 3.89. The van der Waals surface area contributed by atoms with Crippen LogP contribution in [0.2, 0.25) is 0 Å². The predicted octanol–water partition coefficient (Wildman–Crippen LogP) is 1.80. The summed E-state index contributed by atoms with van der Waals surface area (Å²) in [4.78, 5) is 33.7. The summed E-state index contributed by atoms with van der Waals surface area (Å²) >= 11 is 0. The average Bonchev–Trinajstić information content (AvgIpc) is 3.45. The van der Waals surface area contributed by atoms with E-state index in [0.717, 1.165) is 34.3 Å². The van der Waals surface area contributed by atoms with Gasteiger partial charge in [-0.2, -0.15) is 5.10 Å². The zero-order valence-electron chi connectivity index (χ0n) is 16.4. The third-order valence-corrected chi connectivity index (χ3v) is 5.31. The molecular formula is C21H24N6O2. The second-order valence-corrected chi connectivity index (χ2v) is 7.25. The molecule has 1 saturated heterocycles. The van der Waals surface area contributed by atoms with Crippen LogP contribution in [0.3, 0.4) is 0 Å². The summed E-state index contributed by atoms with van der Waals surface area (Å²) in [5.74, 6) is -0.296. The molecule has 3 aromatic heterocycles. The van der Waals surface area contributed by atoms with Crippen molar-refractivity contribution < 1.29 is 9.59 Å². The van der Waals surface area contributed by atoms with Gasteiger partial charge in [0.1, 0.15) is 11.7 Å². The molecule has 29 heavy (non-hydrogen) atoms. The minimum atomic E-state index is -0.401. The standard InChI is InChI=1S/C21H24N6O2/c1-3-19(28)27-10-4-5-18(27)21(29)23-8-6-15-11-17-16(7-9-22-20(17)25-15)14-12-24-26(2)13-14/h3,7,9,11-13,18H,1,4-6,8,10H2,2H3,(H,22,25)(H,23,29)/t18-/m0/s1. The van der Waals surface area contributed by atoms with Gasteiger partial charge in [0.15, 0.2) is 0 Å². The first kappa shape index (κ1) is 18.9. The van der Waals surface area contributed by atoms with E-state index in [4.69, 9.17) is 0 Å². The Hall–Kier alpha value is -3.42. The Morgan fingerprint density at radius 3 is 3.07 bits per heavy atom. The number of aromatic amines is 1. The largest absolute Gasteiger partial charge is 0.354 e. The van der Waals surface area contributed by atoms with E-state index in [0.29, 0.717) is 25.9 Å². The summed E-state index contributed by atoms with van der Waals surface area (Å²) in [6, 6.07) is 3.64. The maximum Gasteiger partial charge on any atom is 0.246 e. The van der Waals surface area contributed by atoms with Crippen LogP contribution >= 0.6 is 0 Å². The molecule has 8 nitrogen and oxygen atoms in total. The van der Waals surface area contributed by atoms with Crippen molar-refractivity contribution in [1.82, 2.24) is 30.0 Å². The molecule has 0 aliphatic carbocycles. The summed E-state index contributed by atoms with van der Waals surface area (Å²) in [7, 11) is 1.89. The molecule has 0 aromatic carbocycles. The zero-order chi connectivity index (χ0) is 20.4. The predicted molar refractivity (Wildman–Crippen MR) is 110 cm³/mol. The number of carbonyl (C=O) groups excluding carboxylic acids is 2. The molecule has 1 atom stereocenters. The highest BCUT2D eigenvalue weighted by atomic mass is 16.2.